The van der Waals surface area contributed by atoms with E-state index in [0.29, 0.717) is 0 Å². The van der Waals surface area contributed by atoms with E-state index in [9.17, 15) is 0 Å². The van der Waals surface area contributed by atoms with Crippen molar-refractivity contribution >= 4 is 11.3 Å². The van der Waals surface area contributed by atoms with Gasteiger partial charge < -0.3 is 0 Å². The predicted molar refractivity (Wildman–Crippen MR) is 73.0 cm³/mol. The van der Waals surface area contributed by atoms with Crippen LogP contribution in [0.1, 0.15) is 61.3 Å². The first-order valence-electron chi connectivity index (χ1n) is 6.15. The highest BCUT2D eigenvalue weighted by Gasteiger charge is 1.93. The normalized spacial score (nSPS) is 9.67. The van der Waals surface area contributed by atoms with E-state index in [4.69, 9.17) is 0 Å². The zero-order valence-electron chi connectivity index (χ0n) is 11.0. The summed E-state index contributed by atoms with van der Waals surface area (Å²) in [7, 11) is 0. The van der Waals surface area contributed by atoms with E-state index in [0.717, 1.165) is 0 Å². The molecule has 0 aliphatic heterocycles. The fraction of sp³-hybridized carbons (Fsp3) is 0.714. The highest BCUT2D eigenvalue weighted by Crippen LogP contribution is 2.18. The fourth-order valence-electron chi connectivity index (χ4n) is 1.43. The second-order valence-electron chi connectivity index (χ2n) is 4.16. The molecule has 0 unspecified atom stereocenters. The second kappa shape index (κ2) is 8.96. The summed E-state index contributed by atoms with van der Waals surface area (Å²) in [6.07, 6.45) is 7.01. The van der Waals surface area contributed by atoms with Gasteiger partial charge in [0.15, 0.2) is 0 Å². The Kier molecular flexibility index (Phi) is 8.79. The van der Waals surface area contributed by atoms with Crippen molar-refractivity contribution in [2.75, 3.05) is 0 Å². The number of hydrogen-bond donors (Lipinski definition) is 0. The minimum atomic E-state index is 1.36. The first-order valence-corrected chi connectivity index (χ1v) is 6.97. The molecule has 1 aromatic heterocycles. The van der Waals surface area contributed by atoms with Gasteiger partial charge in [0, 0.05) is 9.75 Å². The van der Waals surface area contributed by atoms with E-state index in [1.54, 1.807) is 0 Å². The van der Waals surface area contributed by atoms with E-state index in [1.165, 1.54) is 47.4 Å². The Hall–Kier alpha value is -0.300. The molecule has 0 aliphatic carbocycles. The number of unbranched alkanes of at least 4 members (excludes halogenated alkanes) is 4. The largest absolute Gasteiger partial charge is 0.146 e. The molecule has 1 heterocycles. The molecule has 15 heavy (non-hydrogen) atoms. The SMILES string of the molecule is CCCCCCC.Cc1cc(C)c(C)s1. The lowest BCUT2D eigenvalue weighted by Crippen LogP contribution is -1.70. The number of hydrogen-bond acceptors (Lipinski definition) is 1. The van der Waals surface area contributed by atoms with Crippen molar-refractivity contribution in [3.63, 3.8) is 0 Å². The van der Waals surface area contributed by atoms with Crippen LogP contribution in [0.15, 0.2) is 6.07 Å². The van der Waals surface area contributed by atoms with Gasteiger partial charge in [-0.3, -0.25) is 0 Å². The van der Waals surface area contributed by atoms with E-state index in [1.807, 2.05) is 11.3 Å². The van der Waals surface area contributed by atoms with Gasteiger partial charge in [0.25, 0.3) is 0 Å². The third kappa shape index (κ3) is 7.61. The van der Waals surface area contributed by atoms with Crippen molar-refractivity contribution in [2.45, 2.75) is 66.7 Å². The minimum Gasteiger partial charge on any atom is -0.146 e. The lowest BCUT2D eigenvalue weighted by molar-refractivity contribution is 0.656. The molecular weight excluding hydrogens is 200 g/mol. The van der Waals surface area contributed by atoms with Crippen LogP contribution in [-0.2, 0) is 0 Å². The summed E-state index contributed by atoms with van der Waals surface area (Å²) in [6, 6.07) is 2.22. The Morgan fingerprint density at radius 1 is 0.933 bits per heavy atom. The van der Waals surface area contributed by atoms with Crippen LogP contribution in [0.25, 0.3) is 0 Å². The summed E-state index contributed by atoms with van der Waals surface area (Å²) in [6.45, 7) is 10.9. The molecule has 0 aromatic carbocycles. The molecule has 0 N–H and O–H groups in total. The quantitative estimate of drug-likeness (QED) is 0.582. The van der Waals surface area contributed by atoms with Gasteiger partial charge in [-0.2, -0.15) is 0 Å². The van der Waals surface area contributed by atoms with Crippen molar-refractivity contribution in [2.24, 2.45) is 0 Å². The van der Waals surface area contributed by atoms with E-state index in [-0.39, 0.29) is 0 Å². The minimum absolute atomic E-state index is 1.36. The molecule has 0 aliphatic rings. The Balaban J connectivity index is 0.000000265. The van der Waals surface area contributed by atoms with Crippen LogP contribution in [0.5, 0.6) is 0 Å². The molecule has 88 valence electrons. The molecule has 0 atom stereocenters. The Morgan fingerprint density at radius 3 is 1.67 bits per heavy atom. The summed E-state index contributed by atoms with van der Waals surface area (Å²) in [5, 5.41) is 0. The molecule has 0 spiro atoms. The molecule has 0 radical (unpaired) electrons. The molecule has 0 saturated heterocycles. The summed E-state index contributed by atoms with van der Waals surface area (Å²) < 4.78 is 0. The summed E-state index contributed by atoms with van der Waals surface area (Å²) >= 11 is 1.87. The van der Waals surface area contributed by atoms with Gasteiger partial charge in [-0.05, 0) is 32.4 Å². The van der Waals surface area contributed by atoms with Gasteiger partial charge in [0.2, 0.25) is 0 Å². The third-order valence-corrected chi connectivity index (χ3v) is 3.56. The Labute approximate surface area is 99.7 Å². The smallest absolute Gasteiger partial charge is 0.00462 e. The monoisotopic (exact) mass is 226 g/mol. The average Bonchev–Trinajstić information content (AvgIpc) is 2.46. The lowest BCUT2D eigenvalue weighted by atomic mass is 10.2. The van der Waals surface area contributed by atoms with Gasteiger partial charge in [-0.15, -0.1) is 11.3 Å². The molecule has 0 saturated carbocycles. The van der Waals surface area contributed by atoms with Crippen molar-refractivity contribution in [3.8, 4) is 0 Å². The van der Waals surface area contributed by atoms with Crippen LogP contribution in [-0.4, -0.2) is 0 Å². The molecule has 1 heteroatoms. The van der Waals surface area contributed by atoms with Gasteiger partial charge in [-0.25, -0.2) is 0 Å². The standard InChI is InChI=1S/C7H10S.C7H16/c1-5-4-6(2)8-7(5)3;1-3-5-7-6-4-2/h4H,1-3H3;3-7H2,1-2H3. The zero-order valence-corrected chi connectivity index (χ0v) is 11.8. The topological polar surface area (TPSA) is 0 Å². The lowest BCUT2D eigenvalue weighted by Gasteiger charge is -1.90. The number of thiophene rings is 1. The average molecular weight is 226 g/mol. The maximum atomic E-state index is 2.25. The zero-order chi connectivity index (χ0) is 11.7. The van der Waals surface area contributed by atoms with Crippen molar-refractivity contribution < 1.29 is 0 Å². The highest BCUT2D eigenvalue weighted by molar-refractivity contribution is 7.12. The maximum absolute atomic E-state index is 2.25. The van der Waals surface area contributed by atoms with Crippen LogP contribution >= 0.6 is 11.3 Å². The van der Waals surface area contributed by atoms with Crippen LogP contribution < -0.4 is 0 Å². The maximum Gasteiger partial charge on any atom is 0.00462 e. The van der Waals surface area contributed by atoms with E-state index >= 15 is 0 Å². The second-order valence-corrected chi connectivity index (χ2v) is 5.62. The van der Waals surface area contributed by atoms with Crippen molar-refractivity contribution in [3.05, 3.63) is 21.4 Å². The fourth-order valence-corrected chi connectivity index (χ4v) is 2.37. The van der Waals surface area contributed by atoms with Crippen molar-refractivity contribution in [1.82, 2.24) is 0 Å². The van der Waals surface area contributed by atoms with Gasteiger partial charge in [0.05, 0.1) is 0 Å². The molecule has 1 aromatic rings. The van der Waals surface area contributed by atoms with Crippen LogP contribution in [0, 0.1) is 20.8 Å². The summed E-state index contributed by atoms with van der Waals surface area (Å²) in [4.78, 5) is 2.86. The Morgan fingerprint density at radius 2 is 1.47 bits per heavy atom. The molecule has 1 rings (SSSR count). The number of rotatable bonds is 4. The van der Waals surface area contributed by atoms with E-state index < -0.39 is 0 Å². The van der Waals surface area contributed by atoms with Crippen molar-refractivity contribution in [1.29, 1.82) is 0 Å². The van der Waals surface area contributed by atoms with Gasteiger partial charge >= 0.3 is 0 Å². The molecule has 0 amide bonds. The molecule has 0 fully saturated rings. The Bertz CT molecular complexity index is 224. The molecule has 0 nitrogen and oxygen atoms in total. The van der Waals surface area contributed by atoms with Gasteiger partial charge in [-0.1, -0.05) is 46.0 Å². The third-order valence-electron chi connectivity index (χ3n) is 2.50. The predicted octanol–water partition coefficient (Wildman–Crippen LogP) is 5.65. The first kappa shape index (κ1) is 14.7. The van der Waals surface area contributed by atoms with Gasteiger partial charge in [0.1, 0.15) is 0 Å². The summed E-state index contributed by atoms with van der Waals surface area (Å²) in [5.41, 5.74) is 1.42. The van der Waals surface area contributed by atoms with E-state index in [2.05, 4.69) is 40.7 Å². The first-order chi connectivity index (χ1) is 7.11. The van der Waals surface area contributed by atoms with Crippen LogP contribution in [0.3, 0.4) is 0 Å². The van der Waals surface area contributed by atoms with Crippen LogP contribution in [0.2, 0.25) is 0 Å². The summed E-state index contributed by atoms with van der Waals surface area (Å²) in [5.74, 6) is 0. The number of aryl methyl sites for hydroxylation is 3. The van der Waals surface area contributed by atoms with Crippen LogP contribution in [0.4, 0.5) is 0 Å². The highest BCUT2D eigenvalue weighted by atomic mass is 32.1. The molecule has 0 bridgehead atoms. The molecular formula is C14H26S.